The lowest BCUT2D eigenvalue weighted by Crippen LogP contribution is -2.41. The lowest BCUT2D eigenvalue weighted by atomic mass is 10.1. The molecule has 0 aliphatic rings. The van der Waals surface area contributed by atoms with Crippen LogP contribution in [0.3, 0.4) is 0 Å². The summed E-state index contributed by atoms with van der Waals surface area (Å²) in [7, 11) is 0. The van der Waals surface area contributed by atoms with E-state index in [9.17, 15) is 14.4 Å². The summed E-state index contributed by atoms with van der Waals surface area (Å²) in [5.74, 6) is -1.76. The average molecular weight is 292 g/mol. The molecule has 6 nitrogen and oxygen atoms in total. The fourth-order valence-corrected chi connectivity index (χ4v) is 2.28. The van der Waals surface area contributed by atoms with Gasteiger partial charge < -0.3 is 15.4 Å². The highest BCUT2D eigenvalue weighted by Crippen LogP contribution is 2.18. The third-order valence-corrected chi connectivity index (χ3v) is 3.28. The van der Waals surface area contributed by atoms with Gasteiger partial charge in [-0.25, -0.2) is 4.79 Å². The third-order valence-electron chi connectivity index (χ3n) is 3.28. The molecule has 1 aromatic heterocycles. The topological polar surface area (TPSA) is 99.3 Å². The summed E-state index contributed by atoms with van der Waals surface area (Å²) < 4.78 is 0. The lowest BCUT2D eigenvalue weighted by molar-refractivity contribution is -0.139. The molecular weight excluding hydrogens is 272 g/mol. The van der Waals surface area contributed by atoms with Crippen LogP contribution in [0.15, 0.2) is 12.7 Å². The second-order valence-corrected chi connectivity index (χ2v) is 4.91. The Bertz CT molecular complexity index is 587. The Morgan fingerprint density at radius 1 is 1.38 bits per heavy atom. The number of aryl methyl sites for hydroxylation is 1. The first-order chi connectivity index (χ1) is 9.79. The van der Waals surface area contributed by atoms with Gasteiger partial charge in [0, 0.05) is 11.3 Å². The first-order valence-electron chi connectivity index (χ1n) is 6.64. The third kappa shape index (κ3) is 3.81. The number of carboxylic acid groups (broad SMARTS) is 1. The highest BCUT2D eigenvalue weighted by molar-refractivity contribution is 6.03. The summed E-state index contributed by atoms with van der Waals surface area (Å²) in [6.45, 7) is 8.32. The van der Waals surface area contributed by atoms with E-state index in [4.69, 9.17) is 5.11 Å². The van der Waals surface area contributed by atoms with E-state index in [1.165, 1.54) is 6.92 Å². The van der Waals surface area contributed by atoms with Crippen molar-refractivity contribution in [3.63, 3.8) is 0 Å². The van der Waals surface area contributed by atoms with Crippen LogP contribution in [0.2, 0.25) is 0 Å². The van der Waals surface area contributed by atoms with Crippen molar-refractivity contribution in [3.8, 4) is 0 Å². The summed E-state index contributed by atoms with van der Waals surface area (Å²) in [5, 5.41) is 11.6. The van der Waals surface area contributed by atoms with Gasteiger partial charge in [0.2, 0.25) is 0 Å². The van der Waals surface area contributed by atoms with E-state index in [-0.39, 0.29) is 17.9 Å². The molecule has 1 aromatic rings. The summed E-state index contributed by atoms with van der Waals surface area (Å²) in [5.41, 5.74) is 1.83. The van der Waals surface area contributed by atoms with Crippen molar-refractivity contribution >= 4 is 17.7 Å². The van der Waals surface area contributed by atoms with Crippen molar-refractivity contribution in [1.82, 2.24) is 10.3 Å². The summed E-state index contributed by atoms with van der Waals surface area (Å²) in [6.07, 6.45) is 2.35. The van der Waals surface area contributed by atoms with Crippen LogP contribution in [0.4, 0.5) is 0 Å². The molecule has 21 heavy (non-hydrogen) atoms. The Balaban J connectivity index is 2.98. The molecule has 0 radical (unpaired) electrons. The number of Topliss-reactive ketones (excluding diaryl/α,β-unsaturated/α-hetero) is 1. The first-order valence-corrected chi connectivity index (χ1v) is 6.64. The van der Waals surface area contributed by atoms with Gasteiger partial charge in [0.15, 0.2) is 5.78 Å². The van der Waals surface area contributed by atoms with Crippen molar-refractivity contribution < 1.29 is 19.5 Å². The van der Waals surface area contributed by atoms with Gasteiger partial charge in [-0.15, -0.1) is 6.58 Å². The van der Waals surface area contributed by atoms with Crippen LogP contribution < -0.4 is 5.32 Å². The number of ketones is 1. The fourth-order valence-electron chi connectivity index (χ4n) is 2.28. The van der Waals surface area contributed by atoms with E-state index >= 15 is 0 Å². The molecule has 1 heterocycles. The molecule has 0 aliphatic carbocycles. The molecule has 0 saturated heterocycles. The van der Waals surface area contributed by atoms with Gasteiger partial charge in [-0.1, -0.05) is 6.08 Å². The van der Waals surface area contributed by atoms with Gasteiger partial charge in [0.25, 0.3) is 5.91 Å². The average Bonchev–Trinajstić information content (AvgIpc) is 2.69. The van der Waals surface area contributed by atoms with E-state index in [1.54, 1.807) is 19.9 Å². The van der Waals surface area contributed by atoms with E-state index in [0.29, 0.717) is 23.2 Å². The lowest BCUT2D eigenvalue weighted by Gasteiger charge is -2.13. The molecule has 0 aromatic carbocycles. The predicted molar refractivity (Wildman–Crippen MR) is 78.6 cm³/mol. The molecule has 1 unspecified atom stereocenters. The molecule has 0 fully saturated rings. The second-order valence-electron chi connectivity index (χ2n) is 4.91. The smallest absolute Gasteiger partial charge is 0.326 e. The summed E-state index contributed by atoms with van der Waals surface area (Å²) in [6, 6.07) is -0.987. The number of aromatic nitrogens is 1. The van der Waals surface area contributed by atoms with Crippen LogP contribution >= 0.6 is 0 Å². The van der Waals surface area contributed by atoms with E-state index < -0.39 is 17.9 Å². The number of hydrogen-bond donors (Lipinski definition) is 3. The number of carbonyl (C=O) groups excluding carboxylic acids is 2. The van der Waals surface area contributed by atoms with Crippen molar-refractivity contribution in [2.75, 3.05) is 0 Å². The fraction of sp³-hybridized carbons (Fsp3) is 0.400. The number of hydrogen-bond acceptors (Lipinski definition) is 3. The van der Waals surface area contributed by atoms with Crippen LogP contribution in [0.25, 0.3) is 0 Å². The molecule has 3 N–H and O–H groups in total. The number of aromatic amines is 1. The Morgan fingerprint density at radius 3 is 2.43 bits per heavy atom. The molecule has 0 spiro atoms. The molecule has 0 bridgehead atoms. The van der Waals surface area contributed by atoms with Crippen LogP contribution in [0, 0.1) is 13.8 Å². The van der Waals surface area contributed by atoms with Crippen molar-refractivity contribution in [2.45, 2.75) is 39.7 Å². The van der Waals surface area contributed by atoms with Crippen LogP contribution in [0.5, 0.6) is 0 Å². The Morgan fingerprint density at radius 2 is 2.00 bits per heavy atom. The van der Waals surface area contributed by atoms with Crippen molar-refractivity contribution in [1.29, 1.82) is 0 Å². The minimum absolute atomic E-state index is 0.137. The zero-order valence-electron chi connectivity index (χ0n) is 12.4. The molecule has 1 amide bonds. The number of aliphatic carboxylic acids is 1. The number of carboxylic acids is 1. The van der Waals surface area contributed by atoms with Gasteiger partial charge in [-0.05, 0) is 39.2 Å². The van der Waals surface area contributed by atoms with Gasteiger partial charge >= 0.3 is 5.97 Å². The number of nitrogens with one attached hydrogen (secondary N) is 2. The minimum Gasteiger partial charge on any atom is -0.480 e. The maximum absolute atomic E-state index is 12.2. The molecule has 1 atom stereocenters. The summed E-state index contributed by atoms with van der Waals surface area (Å²) in [4.78, 5) is 37.7. The van der Waals surface area contributed by atoms with Gasteiger partial charge in [0.05, 0.1) is 0 Å². The van der Waals surface area contributed by atoms with Gasteiger partial charge in [-0.2, -0.15) is 0 Å². The maximum Gasteiger partial charge on any atom is 0.326 e. The van der Waals surface area contributed by atoms with Gasteiger partial charge in [-0.3, -0.25) is 9.59 Å². The molecule has 6 heteroatoms. The molecule has 0 saturated carbocycles. The number of amides is 1. The molecular formula is C15H20N2O4. The number of carbonyl (C=O) groups is 3. The highest BCUT2D eigenvalue weighted by Gasteiger charge is 2.24. The van der Waals surface area contributed by atoms with Crippen molar-refractivity contribution in [3.05, 3.63) is 35.2 Å². The monoisotopic (exact) mass is 292 g/mol. The number of H-pyrrole nitrogens is 1. The number of allylic oxidation sites excluding steroid dienone is 1. The maximum atomic E-state index is 12.2. The zero-order valence-corrected chi connectivity index (χ0v) is 12.4. The molecule has 114 valence electrons. The molecule has 0 aliphatic heterocycles. The van der Waals surface area contributed by atoms with E-state index in [1.807, 2.05) is 0 Å². The van der Waals surface area contributed by atoms with Gasteiger partial charge in [0.1, 0.15) is 11.7 Å². The quantitative estimate of drug-likeness (QED) is 0.528. The largest absolute Gasteiger partial charge is 0.480 e. The highest BCUT2D eigenvalue weighted by atomic mass is 16.4. The first kappa shape index (κ1) is 16.7. The standard InChI is InChI=1S/C15H20N2O4/c1-5-6-7-11(15(20)21)17-14(19)13-8(2)12(10(4)18)9(3)16-13/h5,11,16H,1,6-7H2,2-4H3,(H,17,19)(H,20,21). The zero-order chi connectivity index (χ0) is 16.2. The van der Waals surface area contributed by atoms with Crippen LogP contribution in [-0.4, -0.2) is 33.8 Å². The van der Waals surface area contributed by atoms with E-state index in [2.05, 4.69) is 16.9 Å². The normalized spacial score (nSPS) is 11.8. The van der Waals surface area contributed by atoms with E-state index in [0.717, 1.165) is 0 Å². The minimum atomic E-state index is -1.10. The summed E-state index contributed by atoms with van der Waals surface area (Å²) >= 11 is 0. The molecule has 1 rings (SSSR count). The Labute approximate surface area is 123 Å². The van der Waals surface area contributed by atoms with Crippen LogP contribution in [0.1, 0.15) is 51.9 Å². The van der Waals surface area contributed by atoms with Crippen LogP contribution in [-0.2, 0) is 4.79 Å². The Kier molecular flexibility index (Phi) is 5.46. The Hall–Kier alpha value is -2.37. The van der Waals surface area contributed by atoms with Crippen molar-refractivity contribution in [2.24, 2.45) is 0 Å². The second kappa shape index (κ2) is 6.88. The number of rotatable bonds is 7. The predicted octanol–water partition coefficient (Wildman–Crippen LogP) is 1.98. The SMILES string of the molecule is C=CCCC(NC(=O)c1[nH]c(C)c(C(C)=O)c1C)C(=O)O.